The summed E-state index contributed by atoms with van der Waals surface area (Å²) < 4.78 is 0. The molecule has 2 N–H and O–H groups in total. The van der Waals surface area contributed by atoms with E-state index < -0.39 is 0 Å². The molecule has 1 aliphatic rings. The average molecular weight is 246 g/mol. The monoisotopic (exact) mass is 246 g/mol. The molecule has 0 spiro atoms. The van der Waals surface area contributed by atoms with Crippen molar-refractivity contribution in [1.82, 2.24) is 0 Å². The van der Waals surface area contributed by atoms with Crippen LogP contribution in [0.5, 0.6) is 0 Å². The van der Waals surface area contributed by atoms with E-state index in [0.717, 1.165) is 31.2 Å². The van der Waals surface area contributed by atoms with Crippen LogP contribution in [0.4, 0.5) is 5.69 Å². The second-order valence-electron chi connectivity index (χ2n) is 4.70. The van der Waals surface area contributed by atoms with Crippen LogP contribution >= 0.6 is 0 Å². The van der Waals surface area contributed by atoms with Crippen LogP contribution in [0.2, 0.25) is 0 Å². The van der Waals surface area contributed by atoms with Crippen LogP contribution in [0.1, 0.15) is 38.2 Å². The summed E-state index contributed by atoms with van der Waals surface area (Å²) in [5, 5.41) is 15.0. The molecule has 96 valence electrons. The first-order valence-electron chi connectivity index (χ1n) is 6.31. The zero-order valence-corrected chi connectivity index (χ0v) is 10.5. The number of nitrogens with zero attached hydrogens (tertiary/aromatic N) is 1. The van der Waals surface area contributed by atoms with E-state index in [9.17, 15) is 4.79 Å². The van der Waals surface area contributed by atoms with Gasteiger partial charge in [-0.1, -0.05) is 36.2 Å². The minimum absolute atomic E-state index is 0.0747. The maximum atomic E-state index is 12.1. The van der Waals surface area contributed by atoms with E-state index in [1.165, 1.54) is 0 Å². The minimum Gasteiger partial charge on any atom is -0.411 e. The van der Waals surface area contributed by atoms with Gasteiger partial charge in [-0.25, -0.2) is 0 Å². The standard InChI is InChI=1S/C14H18N2O2/c1-10(16-18)12-8-4-5-9-13(12)15-14(17)11-6-2-3-7-11/h4-5,8-9,11,18H,2-3,6-7H2,1H3,(H,15,17)/b16-10+. The van der Waals surface area contributed by atoms with Crippen molar-refractivity contribution in [1.29, 1.82) is 0 Å². The number of amides is 1. The third-order valence-electron chi connectivity index (χ3n) is 3.45. The van der Waals surface area contributed by atoms with Crippen LogP contribution in [0.3, 0.4) is 0 Å². The quantitative estimate of drug-likeness (QED) is 0.489. The number of carbonyl (C=O) groups excluding carboxylic acids is 1. The van der Waals surface area contributed by atoms with Crippen molar-refractivity contribution in [3.63, 3.8) is 0 Å². The van der Waals surface area contributed by atoms with Crippen molar-refractivity contribution in [3.8, 4) is 0 Å². The number of anilines is 1. The molecule has 1 fully saturated rings. The lowest BCUT2D eigenvalue weighted by Crippen LogP contribution is -2.21. The lowest BCUT2D eigenvalue weighted by atomic mass is 10.1. The first-order chi connectivity index (χ1) is 8.72. The Balaban J connectivity index is 2.15. The molecule has 0 unspecified atom stereocenters. The van der Waals surface area contributed by atoms with Crippen LogP contribution in [0.25, 0.3) is 0 Å². The smallest absolute Gasteiger partial charge is 0.227 e. The highest BCUT2D eigenvalue weighted by Gasteiger charge is 2.23. The molecule has 0 radical (unpaired) electrons. The normalized spacial score (nSPS) is 16.8. The van der Waals surface area contributed by atoms with E-state index >= 15 is 0 Å². The van der Waals surface area contributed by atoms with Gasteiger partial charge in [0.1, 0.15) is 0 Å². The summed E-state index contributed by atoms with van der Waals surface area (Å²) in [6.07, 6.45) is 4.22. The van der Waals surface area contributed by atoms with Crippen molar-refractivity contribution in [3.05, 3.63) is 29.8 Å². The van der Waals surface area contributed by atoms with Gasteiger partial charge in [0, 0.05) is 17.2 Å². The molecule has 0 atom stereocenters. The maximum Gasteiger partial charge on any atom is 0.227 e. The van der Waals surface area contributed by atoms with Crippen molar-refractivity contribution in [2.75, 3.05) is 5.32 Å². The number of nitrogens with one attached hydrogen (secondary N) is 1. The Morgan fingerprint density at radius 3 is 2.67 bits per heavy atom. The minimum atomic E-state index is 0.0747. The van der Waals surface area contributed by atoms with Gasteiger partial charge in [-0.15, -0.1) is 0 Å². The zero-order valence-electron chi connectivity index (χ0n) is 10.5. The first-order valence-corrected chi connectivity index (χ1v) is 6.31. The number of para-hydroxylation sites is 1. The Kier molecular flexibility index (Phi) is 3.97. The molecular formula is C14H18N2O2. The number of benzene rings is 1. The molecule has 0 bridgehead atoms. The van der Waals surface area contributed by atoms with Crippen LogP contribution in [0, 0.1) is 5.92 Å². The SMILES string of the molecule is C/C(=N\O)c1ccccc1NC(=O)C1CCCC1. The van der Waals surface area contributed by atoms with Crippen molar-refractivity contribution < 1.29 is 10.0 Å². The number of carbonyl (C=O) groups is 1. The van der Waals surface area contributed by atoms with Gasteiger partial charge < -0.3 is 10.5 Å². The van der Waals surface area contributed by atoms with Crippen molar-refractivity contribution in [2.24, 2.45) is 11.1 Å². The summed E-state index contributed by atoms with van der Waals surface area (Å²) >= 11 is 0. The van der Waals surface area contributed by atoms with Gasteiger partial charge >= 0.3 is 0 Å². The fraction of sp³-hybridized carbons (Fsp3) is 0.429. The van der Waals surface area contributed by atoms with Crippen molar-refractivity contribution >= 4 is 17.3 Å². The third-order valence-corrected chi connectivity index (χ3v) is 3.45. The summed E-state index contributed by atoms with van der Waals surface area (Å²) in [5.74, 6) is 0.204. The summed E-state index contributed by atoms with van der Waals surface area (Å²) in [6, 6.07) is 7.38. The number of oxime groups is 1. The van der Waals surface area contributed by atoms with Gasteiger partial charge in [0.05, 0.1) is 5.71 Å². The Labute approximate surface area is 107 Å². The maximum absolute atomic E-state index is 12.1. The molecule has 0 heterocycles. The fourth-order valence-electron chi connectivity index (χ4n) is 2.38. The topological polar surface area (TPSA) is 61.7 Å². The van der Waals surface area contributed by atoms with E-state index in [2.05, 4.69) is 10.5 Å². The van der Waals surface area contributed by atoms with Crippen LogP contribution in [0.15, 0.2) is 29.4 Å². The lowest BCUT2D eigenvalue weighted by Gasteiger charge is -2.13. The van der Waals surface area contributed by atoms with Gasteiger partial charge in [0.25, 0.3) is 0 Å². The summed E-state index contributed by atoms with van der Waals surface area (Å²) in [5.41, 5.74) is 1.97. The summed E-state index contributed by atoms with van der Waals surface area (Å²) in [6.45, 7) is 1.71. The fourth-order valence-corrected chi connectivity index (χ4v) is 2.38. The lowest BCUT2D eigenvalue weighted by molar-refractivity contribution is -0.119. The highest BCUT2D eigenvalue weighted by atomic mass is 16.4. The molecule has 1 aromatic rings. The summed E-state index contributed by atoms with van der Waals surface area (Å²) in [4.78, 5) is 12.1. The first kappa shape index (κ1) is 12.6. The number of hydrogen-bond donors (Lipinski definition) is 2. The van der Waals surface area contributed by atoms with E-state index in [0.29, 0.717) is 11.4 Å². The van der Waals surface area contributed by atoms with Crippen LogP contribution in [-0.2, 0) is 4.79 Å². The second-order valence-corrected chi connectivity index (χ2v) is 4.70. The van der Waals surface area contributed by atoms with E-state index in [1.54, 1.807) is 6.92 Å². The molecule has 1 aromatic carbocycles. The van der Waals surface area contributed by atoms with Gasteiger partial charge in [0.2, 0.25) is 5.91 Å². The van der Waals surface area contributed by atoms with Gasteiger partial charge in [-0.05, 0) is 25.8 Å². The Hall–Kier alpha value is -1.84. The number of rotatable bonds is 3. The average Bonchev–Trinajstić information content (AvgIpc) is 2.92. The largest absolute Gasteiger partial charge is 0.411 e. The highest BCUT2D eigenvalue weighted by molar-refractivity contribution is 6.06. The Morgan fingerprint density at radius 1 is 1.33 bits per heavy atom. The van der Waals surface area contributed by atoms with Gasteiger partial charge in [0.15, 0.2) is 0 Å². The van der Waals surface area contributed by atoms with E-state index in [1.807, 2.05) is 24.3 Å². The highest BCUT2D eigenvalue weighted by Crippen LogP contribution is 2.26. The Bertz CT molecular complexity index is 463. The zero-order chi connectivity index (χ0) is 13.0. The van der Waals surface area contributed by atoms with E-state index in [4.69, 9.17) is 5.21 Å². The second kappa shape index (κ2) is 5.67. The molecule has 1 amide bonds. The molecular weight excluding hydrogens is 228 g/mol. The molecule has 18 heavy (non-hydrogen) atoms. The Morgan fingerprint density at radius 2 is 2.00 bits per heavy atom. The molecule has 4 nitrogen and oxygen atoms in total. The predicted molar refractivity (Wildman–Crippen MR) is 71.0 cm³/mol. The van der Waals surface area contributed by atoms with Crippen molar-refractivity contribution in [2.45, 2.75) is 32.6 Å². The molecule has 0 saturated heterocycles. The molecule has 1 saturated carbocycles. The molecule has 0 aliphatic heterocycles. The third kappa shape index (κ3) is 2.70. The summed E-state index contributed by atoms with van der Waals surface area (Å²) in [7, 11) is 0. The number of hydrogen-bond acceptors (Lipinski definition) is 3. The van der Waals surface area contributed by atoms with Gasteiger partial charge in [-0.2, -0.15) is 0 Å². The van der Waals surface area contributed by atoms with Gasteiger partial charge in [-0.3, -0.25) is 4.79 Å². The predicted octanol–water partition coefficient (Wildman–Crippen LogP) is 3.01. The molecule has 2 rings (SSSR count). The van der Waals surface area contributed by atoms with Crippen LogP contribution < -0.4 is 5.32 Å². The van der Waals surface area contributed by atoms with E-state index in [-0.39, 0.29) is 11.8 Å². The molecule has 4 heteroatoms. The van der Waals surface area contributed by atoms with Crippen LogP contribution in [-0.4, -0.2) is 16.8 Å². The molecule has 1 aliphatic carbocycles. The molecule has 0 aromatic heterocycles.